The van der Waals surface area contributed by atoms with Crippen LogP contribution in [-0.2, 0) is 4.74 Å². The van der Waals surface area contributed by atoms with Crippen molar-refractivity contribution in [2.75, 3.05) is 6.61 Å². The highest BCUT2D eigenvalue weighted by atomic mass is 16.5. The SMILES string of the molecule is CCCCCCCC/C=C\CCCCCCCCOC(=O)/N=C/[C@@H](C)[C@H](O)c1ccccc1. The van der Waals surface area contributed by atoms with Gasteiger partial charge in [-0.3, -0.25) is 0 Å². The van der Waals surface area contributed by atoms with Gasteiger partial charge in [0.15, 0.2) is 0 Å². The first-order valence-electron chi connectivity index (χ1n) is 13.2. The molecule has 0 aliphatic rings. The molecule has 0 bridgehead atoms. The van der Waals surface area contributed by atoms with Crippen molar-refractivity contribution in [2.45, 2.75) is 110 Å². The highest BCUT2D eigenvalue weighted by Crippen LogP contribution is 2.20. The molecule has 4 heteroatoms. The maximum absolute atomic E-state index is 11.8. The number of amides is 1. The van der Waals surface area contributed by atoms with E-state index in [0.717, 1.165) is 18.4 Å². The minimum atomic E-state index is -0.682. The van der Waals surface area contributed by atoms with Crippen molar-refractivity contribution < 1.29 is 14.6 Å². The fourth-order valence-electron chi connectivity index (χ4n) is 3.76. The number of unbranched alkanes of at least 4 members (excludes halogenated alkanes) is 12. The fraction of sp³-hybridized carbons (Fsp3) is 0.655. The average molecular weight is 458 g/mol. The van der Waals surface area contributed by atoms with Crippen LogP contribution >= 0.6 is 0 Å². The van der Waals surface area contributed by atoms with Crippen molar-refractivity contribution in [1.29, 1.82) is 0 Å². The lowest BCUT2D eigenvalue weighted by Crippen LogP contribution is -2.12. The molecule has 1 aromatic carbocycles. The molecule has 0 spiro atoms. The van der Waals surface area contributed by atoms with Crippen LogP contribution in [0.1, 0.15) is 115 Å². The smallest absolute Gasteiger partial charge is 0.433 e. The van der Waals surface area contributed by atoms with Crippen molar-refractivity contribution in [3.63, 3.8) is 0 Å². The van der Waals surface area contributed by atoms with E-state index in [2.05, 4.69) is 24.1 Å². The van der Waals surface area contributed by atoms with Crippen LogP contribution in [0.2, 0.25) is 0 Å². The van der Waals surface area contributed by atoms with Crippen molar-refractivity contribution in [3.8, 4) is 0 Å². The summed E-state index contributed by atoms with van der Waals surface area (Å²) in [6.07, 6.45) is 22.5. The van der Waals surface area contributed by atoms with E-state index in [4.69, 9.17) is 4.74 Å². The topological polar surface area (TPSA) is 58.9 Å². The summed E-state index contributed by atoms with van der Waals surface area (Å²) in [5.41, 5.74) is 0.814. The third kappa shape index (κ3) is 16.3. The number of aliphatic imine (C=N–C) groups is 1. The van der Waals surface area contributed by atoms with E-state index in [1.54, 1.807) is 0 Å². The van der Waals surface area contributed by atoms with E-state index in [1.807, 2.05) is 37.3 Å². The van der Waals surface area contributed by atoms with Crippen LogP contribution < -0.4 is 0 Å². The Balaban J connectivity index is 1.92. The Morgan fingerprint density at radius 3 is 2.03 bits per heavy atom. The van der Waals surface area contributed by atoms with Crippen LogP contribution in [0, 0.1) is 5.92 Å². The van der Waals surface area contributed by atoms with Gasteiger partial charge in [0.2, 0.25) is 0 Å². The van der Waals surface area contributed by atoms with Gasteiger partial charge in [-0.15, -0.1) is 0 Å². The maximum Gasteiger partial charge on any atom is 0.433 e. The average Bonchev–Trinajstić information content (AvgIpc) is 2.84. The molecule has 186 valence electrons. The van der Waals surface area contributed by atoms with E-state index in [1.165, 1.54) is 83.3 Å². The Kier molecular flexibility index (Phi) is 18.2. The molecule has 33 heavy (non-hydrogen) atoms. The van der Waals surface area contributed by atoms with Gasteiger partial charge in [0.05, 0.1) is 12.7 Å². The molecular formula is C29H47NO3. The molecule has 0 fully saturated rings. The van der Waals surface area contributed by atoms with Gasteiger partial charge in [-0.1, -0.05) is 114 Å². The summed E-state index contributed by atoms with van der Waals surface area (Å²) in [6, 6.07) is 9.39. The van der Waals surface area contributed by atoms with Gasteiger partial charge in [-0.2, -0.15) is 4.99 Å². The first kappa shape index (κ1) is 29.1. The van der Waals surface area contributed by atoms with E-state index < -0.39 is 12.2 Å². The number of hydrogen-bond acceptors (Lipinski definition) is 3. The first-order chi connectivity index (χ1) is 16.1. The standard InChI is InChI=1S/C29H47NO3/c1-3-4-5-6-7-8-9-10-11-12-13-14-15-16-17-21-24-33-29(32)30-25-26(2)28(31)27-22-19-18-20-23-27/h10-11,18-20,22-23,25-26,28,31H,3-9,12-17,21,24H2,1-2H3/b11-10-,30-25+/t26-,28+/m1/s1. The second-order valence-electron chi connectivity index (χ2n) is 9.05. The number of aliphatic hydroxyl groups excluding tert-OH is 1. The number of nitrogens with zero attached hydrogens (tertiary/aromatic N) is 1. The molecule has 4 nitrogen and oxygen atoms in total. The van der Waals surface area contributed by atoms with Crippen LogP contribution in [0.5, 0.6) is 0 Å². The predicted octanol–water partition coefficient (Wildman–Crippen LogP) is 8.60. The van der Waals surface area contributed by atoms with Gasteiger partial charge in [-0.25, -0.2) is 4.79 Å². The molecule has 0 aromatic heterocycles. The molecule has 0 radical (unpaired) electrons. The lowest BCUT2D eigenvalue weighted by molar-refractivity contribution is 0.147. The molecule has 0 aliphatic carbocycles. The van der Waals surface area contributed by atoms with Gasteiger partial charge in [0.1, 0.15) is 0 Å². The Hall–Kier alpha value is -1.94. The van der Waals surface area contributed by atoms with Gasteiger partial charge in [0, 0.05) is 12.1 Å². The Bertz CT molecular complexity index is 642. The van der Waals surface area contributed by atoms with Crippen LogP contribution in [0.4, 0.5) is 4.79 Å². The maximum atomic E-state index is 11.8. The molecular weight excluding hydrogens is 410 g/mol. The third-order valence-corrected chi connectivity index (χ3v) is 5.94. The lowest BCUT2D eigenvalue weighted by Gasteiger charge is -2.14. The van der Waals surface area contributed by atoms with Gasteiger partial charge < -0.3 is 9.84 Å². The Labute approximate surface area is 202 Å². The van der Waals surface area contributed by atoms with E-state index in [-0.39, 0.29) is 5.92 Å². The van der Waals surface area contributed by atoms with Crippen molar-refractivity contribution in [2.24, 2.45) is 10.9 Å². The number of hydrogen-bond donors (Lipinski definition) is 1. The van der Waals surface area contributed by atoms with Gasteiger partial charge in [-0.05, 0) is 37.7 Å². The zero-order chi connectivity index (χ0) is 24.0. The number of carbonyl (C=O) groups is 1. The summed E-state index contributed by atoms with van der Waals surface area (Å²) < 4.78 is 5.17. The van der Waals surface area contributed by atoms with Crippen LogP contribution in [0.3, 0.4) is 0 Å². The summed E-state index contributed by atoms with van der Waals surface area (Å²) >= 11 is 0. The van der Waals surface area contributed by atoms with Crippen LogP contribution in [0.25, 0.3) is 0 Å². The summed E-state index contributed by atoms with van der Waals surface area (Å²) in [5.74, 6) is -0.259. The summed E-state index contributed by atoms with van der Waals surface area (Å²) in [4.78, 5) is 15.6. The molecule has 1 aromatic rings. The highest BCUT2D eigenvalue weighted by Gasteiger charge is 2.14. The first-order valence-corrected chi connectivity index (χ1v) is 13.2. The minimum absolute atomic E-state index is 0.259. The van der Waals surface area contributed by atoms with E-state index in [0.29, 0.717) is 6.61 Å². The molecule has 1 amide bonds. The van der Waals surface area contributed by atoms with Crippen molar-refractivity contribution >= 4 is 12.3 Å². The Morgan fingerprint density at radius 2 is 1.42 bits per heavy atom. The number of aliphatic hydroxyl groups is 1. The number of benzene rings is 1. The normalized spacial score (nSPS) is 13.5. The molecule has 1 N–H and O–H groups in total. The third-order valence-electron chi connectivity index (χ3n) is 5.94. The molecule has 0 saturated heterocycles. The molecule has 0 unspecified atom stereocenters. The van der Waals surface area contributed by atoms with E-state index >= 15 is 0 Å². The predicted molar refractivity (Wildman–Crippen MR) is 140 cm³/mol. The van der Waals surface area contributed by atoms with Crippen LogP contribution in [0.15, 0.2) is 47.5 Å². The van der Waals surface area contributed by atoms with Crippen LogP contribution in [-0.4, -0.2) is 24.0 Å². The number of carbonyl (C=O) groups excluding carboxylic acids is 1. The zero-order valence-electron chi connectivity index (χ0n) is 21.1. The molecule has 0 heterocycles. The highest BCUT2D eigenvalue weighted by molar-refractivity contribution is 5.80. The fourth-order valence-corrected chi connectivity index (χ4v) is 3.76. The Morgan fingerprint density at radius 1 is 0.879 bits per heavy atom. The number of ether oxygens (including phenoxy) is 1. The quantitative estimate of drug-likeness (QED) is 0.128. The summed E-state index contributed by atoms with van der Waals surface area (Å²) in [7, 11) is 0. The van der Waals surface area contributed by atoms with Crippen molar-refractivity contribution in [3.05, 3.63) is 48.0 Å². The van der Waals surface area contributed by atoms with Gasteiger partial charge >= 0.3 is 6.09 Å². The largest absolute Gasteiger partial charge is 0.448 e. The second-order valence-corrected chi connectivity index (χ2v) is 9.05. The number of rotatable bonds is 19. The number of allylic oxidation sites excluding steroid dienone is 2. The zero-order valence-corrected chi connectivity index (χ0v) is 21.1. The monoisotopic (exact) mass is 457 g/mol. The van der Waals surface area contributed by atoms with E-state index in [9.17, 15) is 9.90 Å². The van der Waals surface area contributed by atoms with Gasteiger partial charge in [0.25, 0.3) is 0 Å². The lowest BCUT2D eigenvalue weighted by atomic mass is 9.99. The molecule has 0 saturated carbocycles. The minimum Gasteiger partial charge on any atom is -0.448 e. The summed E-state index contributed by atoms with van der Waals surface area (Å²) in [5, 5.41) is 10.3. The summed E-state index contributed by atoms with van der Waals surface area (Å²) in [6.45, 7) is 4.51. The van der Waals surface area contributed by atoms with Crippen molar-refractivity contribution in [1.82, 2.24) is 0 Å². The molecule has 0 aliphatic heterocycles. The molecule has 2 atom stereocenters. The second kappa shape index (κ2) is 20.7. The molecule has 1 rings (SSSR count).